The highest BCUT2D eigenvalue weighted by molar-refractivity contribution is 5.88. The van der Waals surface area contributed by atoms with Gasteiger partial charge in [-0.25, -0.2) is 0 Å². The van der Waals surface area contributed by atoms with Gasteiger partial charge in [-0.1, -0.05) is 18.2 Å². The fourth-order valence-corrected chi connectivity index (χ4v) is 2.83. The SMILES string of the molecule is COc1ccc2c(c1)C1C=CC2(C(=O)O)C1. The standard InChI is InChI=1S/C13H12O3/c1-16-9-2-3-11-10(6-9)8-4-5-13(11,7-8)12(14)15/h2-6,8H,7H2,1H3,(H,14,15). The van der Waals surface area contributed by atoms with Crippen LogP contribution in [0.2, 0.25) is 0 Å². The van der Waals surface area contributed by atoms with E-state index in [1.165, 1.54) is 0 Å². The third kappa shape index (κ3) is 0.953. The van der Waals surface area contributed by atoms with Crippen molar-refractivity contribution in [3.63, 3.8) is 0 Å². The smallest absolute Gasteiger partial charge is 0.318 e. The molecule has 1 aromatic carbocycles. The summed E-state index contributed by atoms with van der Waals surface area (Å²) < 4.78 is 5.17. The second kappa shape index (κ2) is 2.88. The Labute approximate surface area is 93.4 Å². The Hall–Kier alpha value is -1.77. The highest BCUT2D eigenvalue weighted by atomic mass is 16.5. The van der Waals surface area contributed by atoms with Crippen LogP contribution in [0.25, 0.3) is 0 Å². The first kappa shape index (κ1) is 9.46. The summed E-state index contributed by atoms with van der Waals surface area (Å²) in [5.74, 6) is 0.275. The summed E-state index contributed by atoms with van der Waals surface area (Å²) in [4.78, 5) is 11.4. The van der Waals surface area contributed by atoms with Crippen molar-refractivity contribution in [1.29, 1.82) is 0 Å². The molecule has 0 radical (unpaired) electrons. The first-order valence-electron chi connectivity index (χ1n) is 5.28. The minimum Gasteiger partial charge on any atom is -0.497 e. The maximum atomic E-state index is 11.4. The van der Waals surface area contributed by atoms with Crippen LogP contribution >= 0.6 is 0 Å². The number of aliphatic carboxylic acids is 1. The van der Waals surface area contributed by atoms with Crippen molar-refractivity contribution in [3.05, 3.63) is 41.5 Å². The lowest BCUT2D eigenvalue weighted by Crippen LogP contribution is -2.29. The number of benzene rings is 1. The molecular weight excluding hydrogens is 204 g/mol. The van der Waals surface area contributed by atoms with Crippen molar-refractivity contribution in [2.45, 2.75) is 17.8 Å². The number of rotatable bonds is 2. The van der Waals surface area contributed by atoms with Crippen molar-refractivity contribution < 1.29 is 14.6 Å². The minimum atomic E-state index is -0.785. The third-order valence-corrected chi connectivity index (χ3v) is 3.68. The van der Waals surface area contributed by atoms with E-state index < -0.39 is 11.4 Å². The van der Waals surface area contributed by atoms with Crippen molar-refractivity contribution in [3.8, 4) is 5.75 Å². The molecule has 2 bridgehead atoms. The molecule has 0 saturated heterocycles. The van der Waals surface area contributed by atoms with Gasteiger partial charge >= 0.3 is 5.97 Å². The number of carboxylic acids is 1. The number of allylic oxidation sites excluding steroid dienone is 1. The van der Waals surface area contributed by atoms with E-state index in [9.17, 15) is 9.90 Å². The fourth-order valence-electron chi connectivity index (χ4n) is 2.83. The molecule has 2 atom stereocenters. The number of hydrogen-bond acceptors (Lipinski definition) is 2. The maximum Gasteiger partial charge on any atom is 0.318 e. The van der Waals surface area contributed by atoms with Crippen LogP contribution in [0.1, 0.15) is 23.5 Å². The van der Waals surface area contributed by atoms with Crippen LogP contribution in [-0.2, 0) is 10.2 Å². The van der Waals surface area contributed by atoms with Crippen LogP contribution in [0.4, 0.5) is 0 Å². The van der Waals surface area contributed by atoms with Gasteiger partial charge in [0.25, 0.3) is 0 Å². The van der Waals surface area contributed by atoms with E-state index >= 15 is 0 Å². The number of hydrogen-bond donors (Lipinski definition) is 1. The molecule has 0 heterocycles. The molecule has 0 amide bonds. The molecule has 2 aliphatic carbocycles. The molecule has 0 fully saturated rings. The summed E-state index contributed by atoms with van der Waals surface area (Å²) >= 11 is 0. The van der Waals surface area contributed by atoms with E-state index in [-0.39, 0.29) is 5.92 Å². The second-order valence-corrected chi connectivity index (χ2v) is 4.40. The predicted molar refractivity (Wildman–Crippen MR) is 58.8 cm³/mol. The molecule has 0 saturated carbocycles. The number of methoxy groups -OCH3 is 1. The van der Waals surface area contributed by atoms with Crippen molar-refractivity contribution in [2.75, 3.05) is 7.11 Å². The first-order chi connectivity index (χ1) is 7.67. The number of carboxylic acid groups (broad SMARTS) is 1. The van der Waals surface area contributed by atoms with Gasteiger partial charge in [0, 0.05) is 5.92 Å². The Balaban J connectivity index is 2.19. The third-order valence-electron chi connectivity index (χ3n) is 3.68. The molecule has 0 spiro atoms. The van der Waals surface area contributed by atoms with Gasteiger partial charge in [0.05, 0.1) is 7.11 Å². The average Bonchev–Trinajstić information content (AvgIpc) is 2.86. The molecule has 0 aromatic heterocycles. The van der Waals surface area contributed by atoms with Crippen molar-refractivity contribution in [2.24, 2.45) is 0 Å². The summed E-state index contributed by atoms with van der Waals surface area (Å²) in [6.45, 7) is 0. The lowest BCUT2D eigenvalue weighted by atomic mass is 9.83. The van der Waals surface area contributed by atoms with Crippen LogP contribution in [0.3, 0.4) is 0 Å². The number of carbonyl (C=O) groups is 1. The molecule has 2 unspecified atom stereocenters. The summed E-state index contributed by atoms with van der Waals surface area (Å²) in [6, 6.07) is 5.66. The average molecular weight is 216 g/mol. The lowest BCUT2D eigenvalue weighted by Gasteiger charge is -2.20. The Morgan fingerprint density at radius 3 is 3.06 bits per heavy atom. The minimum absolute atomic E-state index is 0.237. The van der Waals surface area contributed by atoms with Crippen LogP contribution in [0, 0.1) is 0 Å². The van der Waals surface area contributed by atoms with Gasteiger partial charge in [-0.15, -0.1) is 0 Å². The van der Waals surface area contributed by atoms with Crippen LogP contribution in [0.5, 0.6) is 5.75 Å². The Morgan fingerprint density at radius 1 is 1.56 bits per heavy atom. The van der Waals surface area contributed by atoms with Crippen LogP contribution in [-0.4, -0.2) is 18.2 Å². The zero-order valence-corrected chi connectivity index (χ0v) is 8.93. The predicted octanol–water partition coefficient (Wildman–Crippen LogP) is 2.07. The first-order valence-corrected chi connectivity index (χ1v) is 5.28. The highest BCUT2D eigenvalue weighted by Crippen LogP contribution is 2.53. The van der Waals surface area contributed by atoms with E-state index in [1.54, 1.807) is 7.11 Å². The quantitative estimate of drug-likeness (QED) is 0.770. The second-order valence-electron chi connectivity index (χ2n) is 4.40. The van der Waals surface area contributed by atoms with Crippen molar-refractivity contribution >= 4 is 5.97 Å². The van der Waals surface area contributed by atoms with E-state index in [1.807, 2.05) is 30.4 Å². The van der Waals surface area contributed by atoms with E-state index in [2.05, 4.69) is 0 Å². The van der Waals surface area contributed by atoms with Gasteiger partial charge < -0.3 is 9.84 Å². The van der Waals surface area contributed by atoms with E-state index in [4.69, 9.17) is 4.74 Å². The molecule has 3 heteroatoms. The monoisotopic (exact) mass is 216 g/mol. The zero-order chi connectivity index (χ0) is 11.3. The lowest BCUT2D eigenvalue weighted by molar-refractivity contribution is -0.141. The Bertz CT molecular complexity index is 504. The molecular formula is C13H12O3. The molecule has 3 nitrogen and oxygen atoms in total. The topological polar surface area (TPSA) is 46.5 Å². The summed E-state index contributed by atoms with van der Waals surface area (Å²) in [5.41, 5.74) is 1.24. The Kier molecular flexibility index (Phi) is 1.70. The van der Waals surface area contributed by atoms with Gasteiger partial charge in [0.15, 0.2) is 0 Å². The molecule has 1 N–H and O–H groups in total. The normalized spacial score (nSPS) is 29.2. The number of ether oxygens (including phenoxy) is 1. The zero-order valence-electron chi connectivity index (χ0n) is 8.93. The summed E-state index contributed by atoms with van der Waals surface area (Å²) in [7, 11) is 1.62. The summed E-state index contributed by atoms with van der Waals surface area (Å²) in [5, 5.41) is 9.38. The van der Waals surface area contributed by atoms with Gasteiger partial charge in [-0.05, 0) is 29.7 Å². The molecule has 0 aliphatic heterocycles. The van der Waals surface area contributed by atoms with Crippen molar-refractivity contribution in [1.82, 2.24) is 0 Å². The molecule has 1 aromatic rings. The van der Waals surface area contributed by atoms with E-state index in [0.717, 1.165) is 16.9 Å². The largest absolute Gasteiger partial charge is 0.497 e. The highest BCUT2D eigenvalue weighted by Gasteiger charge is 2.50. The van der Waals surface area contributed by atoms with Gasteiger partial charge in [0.2, 0.25) is 0 Å². The van der Waals surface area contributed by atoms with Gasteiger partial charge in [-0.3, -0.25) is 4.79 Å². The van der Waals surface area contributed by atoms with Crippen LogP contribution in [0.15, 0.2) is 30.4 Å². The Morgan fingerprint density at radius 2 is 2.38 bits per heavy atom. The van der Waals surface area contributed by atoms with Gasteiger partial charge in [0.1, 0.15) is 11.2 Å². The molecule has 82 valence electrons. The maximum absolute atomic E-state index is 11.4. The molecule has 2 aliphatic rings. The molecule has 16 heavy (non-hydrogen) atoms. The van der Waals surface area contributed by atoms with E-state index in [0.29, 0.717) is 6.42 Å². The number of fused-ring (bicyclic) bond motifs is 5. The molecule has 3 rings (SSSR count). The van der Waals surface area contributed by atoms with Gasteiger partial charge in [-0.2, -0.15) is 0 Å². The van der Waals surface area contributed by atoms with Crippen LogP contribution < -0.4 is 4.74 Å². The fraction of sp³-hybridized carbons (Fsp3) is 0.308. The summed E-state index contributed by atoms with van der Waals surface area (Å²) in [6.07, 6.45) is 4.48.